The van der Waals surface area contributed by atoms with Crippen molar-refractivity contribution in [3.05, 3.63) is 33.3 Å². The molecule has 1 N–H and O–H groups in total. The molecule has 0 amide bonds. The molecule has 0 aliphatic rings. The van der Waals surface area contributed by atoms with Gasteiger partial charge >= 0.3 is 0 Å². The Bertz CT molecular complexity index is 573. The van der Waals surface area contributed by atoms with Gasteiger partial charge in [0.15, 0.2) is 0 Å². The smallest absolute Gasteiger partial charge is 0.287 e. The number of sulfonamides is 1. The second kappa shape index (κ2) is 6.29. The van der Waals surface area contributed by atoms with E-state index < -0.39 is 20.6 Å². The summed E-state index contributed by atoms with van der Waals surface area (Å²) in [5.41, 5.74) is -0.478. The van der Waals surface area contributed by atoms with E-state index in [1.807, 2.05) is 18.7 Å². The van der Waals surface area contributed by atoms with E-state index in [4.69, 9.17) is 16.4 Å². The van der Waals surface area contributed by atoms with Crippen LogP contribution < -0.4 is 4.89 Å². The first-order valence-electron chi connectivity index (χ1n) is 5.31. The quantitative estimate of drug-likeness (QED) is 0.641. The highest BCUT2D eigenvalue weighted by Crippen LogP contribution is 2.26. The molecule has 0 heterocycles. The zero-order valence-corrected chi connectivity index (χ0v) is 11.9. The van der Waals surface area contributed by atoms with Crippen LogP contribution in [0.1, 0.15) is 13.8 Å². The highest BCUT2D eigenvalue weighted by atomic mass is 35.5. The average molecular weight is 309 g/mol. The molecule has 9 heteroatoms. The Morgan fingerprint density at radius 3 is 2.63 bits per heavy atom. The van der Waals surface area contributed by atoms with Crippen LogP contribution in [0.3, 0.4) is 0 Å². The maximum absolute atomic E-state index is 11.8. The summed E-state index contributed by atoms with van der Waals surface area (Å²) in [4.78, 5) is 16.3. The Hall–Kier alpha value is -1.22. The van der Waals surface area contributed by atoms with Crippen molar-refractivity contribution in [2.45, 2.75) is 18.7 Å². The second-order valence-corrected chi connectivity index (χ2v) is 6.21. The predicted octanol–water partition coefficient (Wildman–Crippen LogP) is 2.11. The Balaban J connectivity index is 2.96. The van der Waals surface area contributed by atoms with Gasteiger partial charge in [0.25, 0.3) is 15.7 Å². The minimum Gasteiger partial charge on any atom is -0.287 e. The first-order valence-corrected chi connectivity index (χ1v) is 7.17. The van der Waals surface area contributed by atoms with E-state index in [1.165, 1.54) is 0 Å². The van der Waals surface area contributed by atoms with Gasteiger partial charge in [-0.15, -0.1) is 0 Å². The summed E-state index contributed by atoms with van der Waals surface area (Å²) in [6.07, 6.45) is 0. The number of rotatable bonds is 6. The van der Waals surface area contributed by atoms with E-state index in [2.05, 4.69) is 0 Å². The van der Waals surface area contributed by atoms with Crippen molar-refractivity contribution >= 4 is 27.3 Å². The summed E-state index contributed by atoms with van der Waals surface area (Å²) in [5.74, 6) is 0.141. The molecule has 0 aliphatic heterocycles. The molecule has 0 spiro atoms. The summed E-state index contributed by atoms with van der Waals surface area (Å²) in [6, 6.07) is 3.19. The van der Waals surface area contributed by atoms with Gasteiger partial charge in [-0.3, -0.25) is 15.0 Å². The van der Waals surface area contributed by atoms with Gasteiger partial charge in [0.05, 0.1) is 16.4 Å². The van der Waals surface area contributed by atoms with Gasteiger partial charge in [0.2, 0.25) is 0 Å². The Labute approximate surface area is 115 Å². The molecule has 7 nitrogen and oxygen atoms in total. The molecular weight excluding hydrogens is 296 g/mol. The van der Waals surface area contributed by atoms with Gasteiger partial charge in [0.1, 0.15) is 5.02 Å². The van der Waals surface area contributed by atoms with Crippen LogP contribution in [0.15, 0.2) is 23.1 Å². The van der Waals surface area contributed by atoms with Crippen LogP contribution in [0.4, 0.5) is 5.69 Å². The lowest BCUT2D eigenvalue weighted by atomic mass is 10.2. The summed E-state index contributed by atoms with van der Waals surface area (Å²) in [7, 11) is -3.96. The predicted molar refractivity (Wildman–Crippen MR) is 69.2 cm³/mol. The molecule has 0 atom stereocenters. The molecule has 0 aliphatic carbocycles. The molecule has 19 heavy (non-hydrogen) atoms. The van der Waals surface area contributed by atoms with Crippen molar-refractivity contribution in [2.75, 3.05) is 6.61 Å². The second-order valence-electron chi connectivity index (χ2n) is 4.16. The van der Waals surface area contributed by atoms with Crippen molar-refractivity contribution < 1.29 is 18.2 Å². The topological polar surface area (TPSA) is 98.5 Å². The lowest BCUT2D eigenvalue weighted by Gasteiger charge is -2.09. The van der Waals surface area contributed by atoms with Crippen molar-refractivity contribution in [3.8, 4) is 0 Å². The summed E-state index contributed by atoms with van der Waals surface area (Å²) < 4.78 is 23.6. The van der Waals surface area contributed by atoms with Crippen molar-refractivity contribution in [1.82, 2.24) is 4.89 Å². The van der Waals surface area contributed by atoms with Gasteiger partial charge in [-0.25, -0.2) is 8.42 Å². The molecule has 106 valence electrons. The largest absolute Gasteiger partial charge is 0.289 e. The van der Waals surface area contributed by atoms with Crippen LogP contribution in [-0.4, -0.2) is 19.9 Å². The lowest BCUT2D eigenvalue weighted by Crippen LogP contribution is -2.25. The first kappa shape index (κ1) is 15.8. The molecular formula is C10H13ClN2O5S. The molecule has 1 aromatic carbocycles. The number of nitro benzene ring substituents is 1. The molecule has 0 fully saturated rings. The third kappa shape index (κ3) is 4.43. The zero-order valence-electron chi connectivity index (χ0n) is 10.3. The molecule has 1 aromatic rings. The van der Waals surface area contributed by atoms with Crippen molar-refractivity contribution in [1.29, 1.82) is 0 Å². The lowest BCUT2D eigenvalue weighted by molar-refractivity contribution is -0.384. The number of halogens is 1. The molecule has 0 saturated carbocycles. The van der Waals surface area contributed by atoms with Gasteiger partial charge in [-0.05, 0) is 18.1 Å². The number of benzene rings is 1. The average Bonchev–Trinajstić information content (AvgIpc) is 2.27. The molecule has 1 rings (SSSR count). The van der Waals surface area contributed by atoms with Crippen LogP contribution in [0.25, 0.3) is 0 Å². The van der Waals surface area contributed by atoms with Crippen LogP contribution >= 0.6 is 11.6 Å². The van der Waals surface area contributed by atoms with Crippen molar-refractivity contribution in [2.24, 2.45) is 5.92 Å². The van der Waals surface area contributed by atoms with Crippen LogP contribution in [0, 0.1) is 16.0 Å². The molecule has 0 aromatic heterocycles. The fraction of sp³-hybridized carbons (Fsp3) is 0.400. The molecule has 0 unspecified atom stereocenters. The monoisotopic (exact) mass is 308 g/mol. The minimum atomic E-state index is -3.96. The molecule has 0 bridgehead atoms. The summed E-state index contributed by atoms with van der Waals surface area (Å²) in [5, 5.41) is 10.5. The van der Waals surface area contributed by atoms with E-state index in [0.717, 1.165) is 18.2 Å². The van der Waals surface area contributed by atoms with Crippen LogP contribution in [0.5, 0.6) is 0 Å². The fourth-order valence-electron chi connectivity index (χ4n) is 1.13. The van der Waals surface area contributed by atoms with Gasteiger partial charge in [-0.2, -0.15) is 0 Å². The highest BCUT2D eigenvalue weighted by molar-refractivity contribution is 7.89. The van der Waals surface area contributed by atoms with E-state index in [0.29, 0.717) is 0 Å². The highest BCUT2D eigenvalue weighted by Gasteiger charge is 2.20. The maximum Gasteiger partial charge on any atom is 0.289 e. The number of hydrogen-bond donors (Lipinski definition) is 1. The summed E-state index contributed by atoms with van der Waals surface area (Å²) >= 11 is 5.60. The van der Waals surface area contributed by atoms with E-state index in [1.54, 1.807) is 0 Å². The number of hydrogen-bond acceptors (Lipinski definition) is 5. The van der Waals surface area contributed by atoms with E-state index in [-0.39, 0.29) is 22.4 Å². The molecule has 0 saturated heterocycles. The molecule has 0 radical (unpaired) electrons. The Morgan fingerprint density at radius 2 is 2.11 bits per heavy atom. The minimum absolute atomic E-state index is 0.132. The Morgan fingerprint density at radius 1 is 1.47 bits per heavy atom. The maximum atomic E-state index is 11.8. The zero-order chi connectivity index (χ0) is 14.6. The van der Waals surface area contributed by atoms with Gasteiger partial charge in [0, 0.05) is 6.07 Å². The number of nitrogens with one attached hydrogen (secondary N) is 1. The van der Waals surface area contributed by atoms with E-state index in [9.17, 15) is 18.5 Å². The van der Waals surface area contributed by atoms with Crippen LogP contribution in [0.2, 0.25) is 5.02 Å². The number of nitro groups is 1. The fourth-order valence-corrected chi connectivity index (χ4v) is 2.15. The van der Waals surface area contributed by atoms with Crippen molar-refractivity contribution in [3.63, 3.8) is 0 Å². The first-order chi connectivity index (χ1) is 8.74. The third-order valence-corrected chi connectivity index (χ3v) is 3.54. The third-order valence-electron chi connectivity index (χ3n) is 2.01. The number of nitrogens with zero attached hydrogens (tertiary/aromatic N) is 1. The van der Waals surface area contributed by atoms with Gasteiger partial charge < -0.3 is 0 Å². The van der Waals surface area contributed by atoms with Gasteiger partial charge in [-0.1, -0.05) is 30.3 Å². The summed E-state index contributed by atoms with van der Waals surface area (Å²) in [6.45, 7) is 3.89. The standard InChI is InChI=1S/C10H13ClN2O5S/c1-7(2)6-18-12-19(16,17)8-3-4-9(11)10(5-8)13(14)15/h3-5,7,12H,6H2,1-2H3. The normalized spacial score (nSPS) is 11.8. The van der Waals surface area contributed by atoms with E-state index >= 15 is 0 Å². The Kier molecular flexibility index (Phi) is 5.24. The van der Waals surface area contributed by atoms with Crippen LogP contribution in [-0.2, 0) is 14.9 Å². The SMILES string of the molecule is CC(C)CONS(=O)(=O)c1ccc(Cl)c([N+](=O)[O-])c1.